The minimum atomic E-state index is -0.311. The minimum absolute atomic E-state index is 0.311. The molecule has 2 aromatic rings. The van der Waals surface area contributed by atoms with Crippen LogP contribution in [0.1, 0.15) is 12.8 Å². The number of anilines is 1. The predicted octanol–water partition coefficient (Wildman–Crippen LogP) is 2.33. The Morgan fingerprint density at radius 2 is 2.09 bits per heavy atom. The van der Waals surface area contributed by atoms with E-state index in [1.54, 1.807) is 6.07 Å². The second kappa shape index (κ2) is 5.22. The van der Waals surface area contributed by atoms with E-state index in [1.807, 2.05) is 23.0 Å². The molecular weight excluding hydrogens is 304 g/mol. The second-order valence-electron chi connectivity index (χ2n) is 5.95. The smallest absolute Gasteiger partial charge is 0.169 e. The molecule has 22 heavy (non-hydrogen) atoms. The van der Waals surface area contributed by atoms with Crippen molar-refractivity contribution in [3.8, 4) is 11.3 Å². The van der Waals surface area contributed by atoms with Crippen molar-refractivity contribution in [3.63, 3.8) is 0 Å². The average Bonchev–Trinajstić information content (AvgIpc) is 3.08. The van der Waals surface area contributed by atoms with Crippen molar-refractivity contribution in [1.29, 1.82) is 0 Å². The highest BCUT2D eigenvalue weighted by Gasteiger charge is 2.49. The van der Waals surface area contributed by atoms with Gasteiger partial charge >= 0.3 is 0 Å². The van der Waals surface area contributed by atoms with Crippen molar-refractivity contribution in [2.24, 2.45) is 5.92 Å². The maximum atomic E-state index is 6.21. The van der Waals surface area contributed by atoms with E-state index in [1.165, 1.54) is 0 Å². The number of rotatable bonds is 3. The summed E-state index contributed by atoms with van der Waals surface area (Å²) in [5, 5.41) is 8.98. The maximum Gasteiger partial charge on any atom is 0.169 e. The first-order chi connectivity index (χ1) is 10.6. The van der Waals surface area contributed by atoms with Gasteiger partial charge in [-0.3, -0.25) is 4.68 Å². The monoisotopic (exact) mass is 320 g/mol. The van der Waals surface area contributed by atoms with Crippen LogP contribution in [0, 0.1) is 5.92 Å². The van der Waals surface area contributed by atoms with Crippen molar-refractivity contribution in [3.05, 3.63) is 29.4 Å². The third-order valence-corrected chi connectivity index (χ3v) is 4.58. The Kier molecular flexibility index (Phi) is 3.32. The van der Waals surface area contributed by atoms with Gasteiger partial charge in [0.05, 0.1) is 24.4 Å². The number of benzene rings is 1. The van der Waals surface area contributed by atoms with Crippen LogP contribution in [-0.2, 0) is 16.0 Å². The molecule has 4 rings (SSSR count). The molecule has 0 atom stereocenters. The lowest BCUT2D eigenvalue weighted by atomic mass is 9.79. The van der Waals surface area contributed by atoms with Gasteiger partial charge < -0.3 is 15.2 Å². The van der Waals surface area contributed by atoms with Crippen LogP contribution < -0.4 is 5.73 Å². The summed E-state index contributed by atoms with van der Waals surface area (Å²) >= 11 is 6.21. The van der Waals surface area contributed by atoms with Gasteiger partial charge in [-0.05, 0) is 24.1 Å². The third-order valence-electron chi connectivity index (χ3n) is 4.27. The number of halogens is 1. The van der Waals surface area contributed by atoms with Crippen LogP contribution in [0.3, 0.4) is 0 Å². The van der Waals surface area contributed by atoms with Gasteiger partial charge in [0.1, 0.15) is 5.69 Å². The molecule has 0 unspecified atom stereocenters. The number of ether oxygens (including phenoxy) is 2. The molecule has 2 fully saturated rings. The van der Waals surface area contributed by atoms with E-state index in [-0.39, 0.29) is 5.79 Å². The number of aromatic nitrogens is 3. The van der Waals surface area contributed by atoms with Gasteiger partial charge in [0.2, 0.25) is 0 Å². The fourth-order valence-electron chi connectivity index (χ4n) is 3.20. The van der Waals surface area contributed by atoms with E-state index >= 15 is 0 Å². The van der Waals surface area contributed by atoms with Crippen LogP contribution in [0.4, 0.5) is 5.69 Å². The lowest BCUT2D eigenvalue weighted by molar-refractivity contribution is -0.232. The van der Waals surface area contributed by atoms with E-state index in [4.69, 9.17) is 26.8 Å². The first-order valence-electron chi connectivity index (χ1n) is 7.37. The van der Waals surface area contributed by atoms with E-state index in [0.717, 1.165) is 30.6 Å². The van der Waals surface area contributed by atoms with Crippen molar-refractivity contribution < 1.29 is 9.47 Å². The van der Waals surface area contributed by atoms with E-state index < -0.39 is 0 Å². The SMILES string of the molecule is Nc1ccc(-c2cn(CC3CC4(C3)OCCO4)nn2)c(Cl)c1. The summed E-state index contributed by atoms with van der Waals surface area (Å²) in [7, 11) is 0. The van der Waals surface area contributed by atoms with E-state index in [2.05, 4.69) is 10.3 Å². The Labute approximate surface area is 133 Å². The van der Waals surface area contributed by atoms with Crippen LogP contribution in [0.25, 0.3) is 11.3 Å². The van der Waals surface area contributed by atoms with Gasteiger partial charge in [0, 0.05) is 30.6 Å². The summed E-state index contributed by atoms with van der Waals surface area (Å²) in [5.41, 5.74) is 7.95. The Balaban J connectivity index is 1.44. The molecule has 116 valence electrons. The molecule has 2 heterocycles. The largest absolute Gasteiger partial charge is 0.399 e. The van der Waals surface area contributed by atoms with E-state index in [0.29, 0.717) is 29.8 Å². The zero-order chi connectivity index (χ0) is 15.2. The molecule has 7 heteroatoms. The zero-order valence-corrected chi connectivity index (χ0v) is 12.8. The van der Waals surface area contributed by atoms with Crippen LogP contribution in [0.2, 0.25) is 5.02 Å². The standard InChI is InChI=1S/C15H17ClN4O2/c16-13-5-11(17)1-2-12(13)14-9-20(19-18-14)8-10-6-15(7-10)21-3-4-22-15/h1-2,5,9-10H,3-4,6-8,17H2. The zero-order valence-electron chi connectivity index (χ0n) is 12.0. The summed E-state index contributed by atoms with van der Waals surface area (Å²) in [6, 6.07) is 5.40. The summed E-state index contributed by atoms with van der Waals surface area (Å²) in [6.45, 7) is 2.22. The summed E-state index contributed by atoms with van der Waals surface area (Å²) in [4.78, 5) is 0. The fourth-order valence-corrected chi connectivity index (χ4v) is 3.48. The number of nitrogen functional groups attached to an aromatic ring is 1. The molecule has 6 nitrogen and oxygen atoms in total. The van der Waals surface area contributed by atoms with Gasteiger partial charge in [-0.2, -0.15) is 0 Å². The topological polar surface area (TPSA) is 75.2 Å². The van der Waals surface area contributed by atoms with Crippen LogP contribution >= 0.6 is 11.6 Å². The Bertz CT molecular complexity index is 689. The highest BCUT2D eigenvalue weighted by Crippen LogP contribution is 2.44. The van der Waals surface area contributed by atoms with Gasteiger partial charge in [-0.25, -0.2) is 0 Å². The molecule has 1 aliphatic heterocycles. The van der Waals surface area contributed by atoms with Gasteiger partial charge in [-0.15, -0.1) is 5.10 Å². The molecular formula is C15H17ClN4O2. The number of hydrogen-bond donors (Lipinski definition) is 1. The molecule has 1 aromatic heterocycles. The molecule has 1 spiro atoms. The predicted molar refractivity (Wildman–Crippen MR) is 82.2 cm³/mol. The molecule has 1 saturated heterocycles. The molecule has 0 bridgehead atoms. The molecule has 2 N–H and O–H groups in total. The van der Waals surface area contributed by atoms with Crippen LogP contribution in [0.5, 0.6) is 0 Å². The summed E-state index contributed by atoms with van der Waals surface area (Å²) in [5.74, 6) is 0.198. The minimum Gasteiger partial charge on any atom is -0.399 e. The van der Waals surface area contributed by atoms with Gasteiger partial charge in [0.15, 0.2) is 5.79 Å². The maximum absolute atomic E-state index is 6.21. The molecule has 2 aliphatic rings. The summed E-state index contributed by atoms with van der Waals surface area (Å²) in [6.07, 6.45) is 3.76. The number of nitrogens with two attached hydrogens (primary N) is 1. The molecule has 1 aliphatic carbocycles. The van der Waals surface area contributed by atoms with Crippen molar-refractivity contribution in [1.82, 2.24) is 15.0 Å². The normalized spacial score (nSPS) is 20.4. The Hall–Kier alpha value is -1.63. The van der Waals surface area contributed by atoms with Crippen molar-refractivity contribution in [2.75, 3.05) is 18.9 Å². The van der Waals surface area contributed by atoms with Crippen molar-refractivity contribution >= 4 is 17.3 Å². The summed E-state index contributed by atoms with van der Waals surface area (Å²) < 4.78 is 13.2. The second-order valence-corrected chi connectivity index (χ2v) is 6.35. The van der Waals surface area contributed by atoms with Gasteiger partial charge in [0.25, 0.3) is 0 Å². The van der Waals surface area contributed by atoms with Crippen LogP contribution in [0.15, 0.2) is 24.4 Å². The molecule has 0 amide bonds. The molecule has 1 aromatic carbocycles. The highest BCUT2D eigenvalue weighted by molar-refractivity contribution is 6.33. The number of hydrogen-bond acceptors (Lipinski definition) is 5. The molecule has 0 radical (unpaired) electrons. The highest BCUT2D eigenvalue weighted by atomic mass is 35.5. The quantitative estimate of drug-likeness (QED) is 0.878. The lowest BCUT2D eigenvalue weighted by Crippen LogP contribution is -2.46. The fraction of sp³-hybridized carbons (Fsp3) is 0.467. The van der Waals surface area contributed by atoms with Crippen LogP contribution in [-0.4, -0.2) is 34.0 Å². The first-order valence-corrected chi connectivity index (χ1v) is 7.75. The molecule has 1 saturated carbocycles. The van der Waals surface area contributed by atoms with Crippen molar-refractivity contribution in [2.45, 2.75) is 25.2 Å². The van der Waals surface area contributed by atoms with E-state index in [9.17, 15) is 0 Å². The lowest BCUT2D eigenvalue weighted by Gasteiger charge is -2.42. The number of nitrogens with zero attached hydrogens (tertiary/aromatic N) is 3. The Morgan fingerprint density at radius 1 is 1.32 bits per heavy atom. The first kappa shape index (κ1) is 14.0. The third kappa shape index (κ3) is 2.47. The Morgan fingerprint density at radius 3 is 2.82 bits per heavy atom. The van der Waals surface area contributed by atoms with Gasteiger partial charge in [-0.1, -0.05) is 16.8 Å². The average molecular weight is 321 g/mol.